The Morgan fingerprint density at radius 3 is 2.78 bits per heavy atom. The van der Waals surface area contributed by atoms with Crippen molar-refractivity contribution in [3.63, 3.8) is 0 Å². The predicted octanol–water partition coefficient (Wildman–Crippen LogP) is 2.66. The van der Waals surface area contributed by atoms with Crippen LogP contribution in [-0.4, -0.2) is 0 Å². The Balaban J connectivity index is 2.32. The molecule has 0 aromatic carbocycles. The van der Waals surface area contributed by atoms with E-state index in [1.54, 1.807) is 0 Å². The van der Waals surface area contributed by atoms with Crippen LogP contribution in [0, 0.1) is 0 Å². The van der Waals surface area contributed by atoms with Crippen molar-refractivity contribution in [2.24, 2.45) is 0 Å². The minimum absolute atomic E-state index is 0.356. The van der Waals surface area contributed by atoms with E-state index in [-0.39, 0.29) is 0 Å². The van der Waals surface area contributed by atoms with Crippen molar-refractivity contribution in [3.05, 3.63) is 11.8 Å². The van der Waals surface area contributed by atoms with E-state index in [0.717, 1.165) is 19.3 Å². The minimum Gasteiger partial charge on any atom is -0.295 e. The van der Waals surface area contributed by atoms with E-state index < -0.39 is 0 Å². The van der Waals surface area contributed by atoms with Gasteiger partial charge in [0, 0.05) is 6.42 Å². The highest BCUT2D eigenvalue weighted by atomic mass is 16.3. The van der Waals surface area contributed by atoms with Crippen LogP contribution in [0.25, 0.3) is 0 Å². The molecule has 1 heteroatoms. The van der Waals surface area contributed by atoms with Crippen LogP contribution in [-0.2, 0) is 5.11 Å². The lowest BCUT2D eigenvalue weighted by Gasteiger charge is -2.02. The van der Waals surface area contributed by atoms with Crippen LogP contribution in [0.1, 0.15) is 38.5 Å². The van der Waals surface area contributed by atoms with Gasteiger partial charge in [0.25, 0.3) is 0 Å². The summed E-state index contributed by atoms with van der Waals surface area (Å²) >= 11 is 0. The maximum Gasteiger partial charge on any atom is 0.151 e. The smallest absolute Gasteiger partial charge is 0.151 e. The van der Waals surface area contributed by atoms with Gasteiger partial charge in [0.05, 0.1) is 0 Å². The molecule has 0 unspecified atom stereocenters. The summed E-state index contributed by atoms with van der Waals surface area (Å²) in [6.45, 7) is 0. The molecule has 1 rings (SSSR count). The fraction of sp³-hybridized carbons (Fsp3) is 0.750. The maximum absolute atomic E-state index is 10.8. The van der Waals surface area contributed by atoms with Gasteiger partial charge in [-0.2, -0.15) is 0 Å². The topological polar surface area (TPSA) is 19.9 Å². The van der Waals surface area contributed by atoms with Gasteiger partial charge < -0.3 is 0 Å². The van der Waals surface area contributed by atoms with Crippen LogP contribution < -0.4 is 0 Å². The summed E-state index contributed by atoms with van der Waals surface area (Å²) in [4.78, 5) is 0. The fourth-order valence-electron chi connectivity index (χ4n) is 1.16. The Morgan fingerprint density at radius 1 is 1.11 bits per heavy atom. The average Bonchev–Trinajstić information content (AvgIpc) is 1.79. The summed E-state index contributed by atoms with van der Waals surface area (Å²) in [5, 5.41) is 10.8. The van der Waals surface area contributed by atoms with Gasteiger partial charge in [-0.15, -0.1) is 0 Å². The zero-order chi connectivity index (χ0) is 6.53. The molecule has 0 heterocycles. The first kappa shape index (κ1) is 6.66. The van der Waals surface area contributed by atoms with Crippen LogP contribution in [0.3, 0.4) is 0 Å². The third-order valence-electron chi connectivity index (χ3n) is 1.75. The minimum atomic E-state index is 0.356. The van der Waals surface area contributed by atoms with Crippen LogP contribution >= 0.6 is 0 Å². The normalized spacial score (nSPS) is 27.8. The highest BCUT2D eigenvalue weighted by Gasteiger charge is 1.99. The SMILES string of the molecule is [O]/C1=C/CCCCCC1. The first-order valence-corrected chi connectivity index (χ1v) is 3.75. The van der Waals surface area contributed by atoms with Crippen molar-refractivity contribution >= 4 is 0 Å². The number of hydrogen-bond donors (Lipinski definition) is 0. The predicted molar refractivity (Wildman–Crippen MR) is 36.5 cm³/mol. The average molecular weight is 125 g/mol. The second kappa shape index (κ2) is 3.54. The van der Waals surface area contributed by atoms with Crippen molar-refractivity contribution in [3.8, 4) is 0 Å². The van der Waals surface area contributed by atoms with Crippen molar-refractivity contribution in [2.75, 3.05) is 0 Å². The number of allylic oxidation sites excluding steroid dienone is 2. The van der Waals surface area contributed by atoms with Gasteiger partial charge in [0.2, 0.25) is 0 Å². The molecule has 0 amide bonds. The second-order valence-electron chi connectivity index (χ2n) is 2.62. The van der Waals surface area contributed by atoms with Crippen LogP contribution in [0.2, 0.25) is 0 Å². The zero-order valence-electron chi connectivity index (χ0n) is 5.73. The van der Waals surface area contributed by atoms with Crippen LogP contribution in [0.4, 0.5) is 0 Å². The van der Waals surface area contributed by atoms with Gasteiger partial charge >= 0.3 is 0 Å². The van der Waals surface area contributed by atoms with Gasteiger partial charge in [-0.25, -0.2) is 0 Å². The van der Waals surface area contributed by atoms with Crippen LogP contribution in [0.5, 0.6) is 0 Å². The molecule has 1 radical (unpaired) electrons. The van der Waals surface area contributed by atoms with Gasteiger partial charge in [-0.1, -0.05) is 12.8 Å². The highest BCUT2D eigenvalue weighted by molar-refractivity contribution is 4.91. The Bertz CT molecular complexity index is 105. The Morgan fingerprint density at radius 2 is 1.89 bits per heavy atom. The lowest BCUT2D eigenvalue weighted by atomic mass is 10.1. The quantitative estimate of drug-likeness (QED) is 0.474. The summed E-state index contributed by atoms with van der Waals surface area (Å²) < 4.78 is 0. The molecule has 0 aliphatic heterocycles. The Kier molecular flexibility index (Phi) is 2.62. The fourth-order valence-corrected chi connectivity index (χ4v) is 1.16. The molecule has 51 valence electrons. The molecule has 0 saturated carbocycles. The largest absolute Gasteiger partial charge is 0.295 e. The Hall–Kier alpha value is -0.460. The summed E-state index contributed by atoms with van der Waals surface area (Å²) in [5.41, 5.74) is 0. The monoisotopic (exact) mass is 125 g/mol. The van der Waals surface area contributed by atoms with E-state index >= 15 is 0 Å². The van der Waals surface area contributed by atoms with Crippen molar-refractivity contribution in [1.29, 1.82) is 0 Å². The molecule has 0 aromatic heterocycles. The zero-order valence-corrected chi connectivity index (χ0v) is 5.73. The maximum atomic E-state index is 10.8. The molecule has 0 bridgehead atoms. The molecule has 1 aliphatic carbocycles. The lowest BCUT2D eigenvalue weighted by molar-refractivity contribution is 0.272. The number of hydrogen-bond acceptors (Lipinski definition) is 0. The highest BCUT2D eigenvalue weighted by Crippen LogP contribution is 2.14. The van der Waals surface area contributed by atoms with Gasteiger partial charge in [0.15, 0.2) is 5.76 Å². The molecule has 0 spiro atoms. The van der Waals surface area contributed by atoms with Crippen LogP contribution in [0.15, 0.2) is 11.8 Å². The van der Waals surface area contributed by atoms with E-state index in [2.05, 4.69) is 0 Å². The van der Waals surface area contributed by atoms with Crippen molar-refractivity contribution < 1.29 is 5.11 Å². The van der Waals surface area contributed by atoms with E-state index in [1.807, 2.05) is 6.08 Å². The van der Waals surface area contributed by atoms with Crippen molar-refractivity contribution in [1.82, 2.24) is 0 Å². The van der Waals surface area contributed by atoms with Gasteiger partial charge in [0.1, 0.15) is 0 Å². The molecule has 1 nitrogen and oxygen atoms in total. The van der Waals surface area contributed by atoms with E-state index in [9.17, 15) is 5.11 Å². The number of rotatable bonds is 0. The third-order valence-corrected chi connectivity index (χ3v) is 1.75. The van der Waals surface area contributed by atoms with E-state index in [0.29, 0.717) is 5.76 Å². The molecule has 0 atom stereocenters. The molecular formula is C8H13O. The standard InChI is InChI=1S/C8H13O/c9-8-6-4-2-1-3-5-7-8/h6H,1-5,7H2/b8-6+. The second-order valence-corrected chi connectivity index (χ2v) is 2.62. The Labute approximate surface area is 56.4 Å². The van der Waals surface area contributed by atoms with E-state index in [4.69, 9.17) is 0 Å². The van der Waals surface area contributed by atoms with Crippen molar-refractivity contribution in [2.45, 2.75) is 38.5 Å². The summed E-state index contributed by atoms with van der Waals surface area (Å²) in [7, 11) is 0. The molecule has 0 fully saturated rings. The molecule has 9 heavy (non-hydrogen) atoms. The third kappa shape index (κ3) is 2.54. The van der Waals surface area contributed by atoms with E-state index in [1.165, 1.54) is 19.3 Å². The van der Waals surface area contributed by atoms with Gasteiger partial charge in [-0.05, 0) is 25.3 Å². The molecule has 0 aromatic rings. The molecular weight excluding hydrogens is 112 g/mol. The first-order valence-electron chi connectivity index (χ1n) is 3.75. The summed E-state index contributed by atoms with van der Waals surface area (Å²) in [5.74, 6) is 0.356. The summed E-state index contributed by atoms with van der Waals surface area (Å²) in [6, 6.07) is 0. The summed E-state index contributed by atoms with van der Waals surface area (Å²) in [6.07, 6.45) is 8.53. The molecule has 0 N–H and O–H groups in total. The molecule has 1 aliphatic rings. The first-order chi connectivity index (χ1) is 4.39. The van der Waals surface area contributed by atoms with Gasteiger partial charge in [-0.3, -0.25) is 5.11 Å². The molecule has 0 saturated heterocycles. The lowest BCUT2D eigenvalue weighted by Crippen LogP contribution is -1.86.